The van der Waals surface area contributed by atoms with Gasteiger partial charge in [-0.1, -0.05) is 36.4 Å². The first-order valence-electron chi connectivity index (χ1n) is 8.12. The van der Waals surface area contributed by atoms with E-state index in [1.54, 1.807) is 8.61 Å². The minimum Gasteiger partial charge on any atom is -0.373 e. The molecule has 0 N–H and O–H groups in total. The van der Waals surface area contributed by atoms with E-state index in [4.69, 9.17) is 4.74 Å². The van der Waals surface area contributed by atoms with E-state index in [0.29, 0.717) is 26.2 Å². The first-order chi connectivity index (χ1) is 11.0. The van der Waals surface area contributed by atoms with E-state index in [0.717, 1.165) is 6.42 Å². The number of hydrogen-bond donors (Lipinski definition) is 0. The molecule has 23 heavy (non-hydrogen) atoms. The molecule has 3 rings (SSSR count). The van der Waals surface area contributed by atoms with Gasteiger partial charge < -0.3 is 4.74 Å². The van der Waals surface area contributed by atoms with Gasteiger partial charge in [0.05, 0.1) is 12.2 Å². The van der Waals surface area contributed by atoms with Crippen molar-refractivity contribution in [3.8, 4) is 0 Å². The molecule has 1 aromatic carbocycles. The van der Waals surface area contributed by atoms with Crippen LogP contribution in [0.1, 0.15) is 25.8 Å². The van der Waals surface area contributed by atoms with Crippen LogP contribution in [-0.2, 0) is 14.9 Å². The lowest BCUT2D eigenvalue weighted by Gasteiger charge is -2.38. The quantitative estimate of drug-likeness (QED) is 0.850. The summed E-state index contributed by atoms with van der Waals surface area (Å²) in [6, 6.07) is 10.2. The Morgan fingerprint density at radius 1 is 1.04 bits per heavy atom. The van der Waals surface area contributed by atoms with Crippen molar-refractivity contribution < 1.29 is 13.2 Å². The van der Waals surface area contributed by atoms with E-state index in [9.17, 15) is 8.42 Å². The van der Waals surface area contributed by atoms with Crippen molar-refractivity contribution in [3.63, 3.8) is 0 Å². The van der Waals surface area contributed by atoms with Crippen LogP contribution >= 0.6 is 0 Å². The van der Waals surface area contributed by atoms with Gasteiger partial charge >= 0.3 is 0 Å². The van der Waals surface area contributed by atoms with Crippen molar-refractivity contribution >= 4 is 15.8 Å². The smallest absolute Gasteiger partial charge is 0.282 e. The zero-order chi connectivity index (χ0) is 16.4. The molecular weight excluding hydrogens is 312 g/mol. The highest BCUT2D eigenvalue weighted by Crippen LogP contribution is 2.25. The van der Waals surface area contributed by atoms with Crippen LogP contribution in [0.4, 0.5) is 0 Å². The van der Waals surface area contributed by atoms with Crippen LogP contribution in [0.15, 0.2) is 36.4 Å². The minimum absolute atomic E-state index is 0.0614. The number of hydrogen-bond acceptors (Lipinski definition) is 3. The van der Waals surface area contributed by atoms with E-state index in [2.05, 4.69) is 12.1 Å². The maximum absolute atomic E-state index is 12.8. The molecule has 126 valence electrons. The molecular formula is C17H24N2O3S. The highest BCUT2D eigenvalue weighted by atomic mass is 32.2. The zero-order valence-electron chi connectivity index (χ0n) is 13.7. The molecule has 1 aromatic rings. The molecule has 2 atom stereocenters. The summed E-state index contributed by atoms with van der Waals surface area (Å²) in [5.41, 5.74) is 2.40. The number of ether oxygens (including phenoxy) is 1. The SMILES string of the molecule is C[C@@H]1CN(S(=O)(=O)N2CC=C(c3ccccc3)CC2)C[C@@H](C)O1. The second kappa shape index (κ2) is 6.73. The van der Waals surface area contributed by atoms with Gasteiger partial charge in [0.2, 0.25) is 0 Å². The van der Waals surface area contributed by atoms with Crippen LogP contribution in [0, 0.1) is 0 Å². The van der Waals surface area contributed by atoms with Crippen LogP contribution in [0.25, 0.3) is 5.57 Å². The molecule has 6 heteroatoms. The van der Waals surface area contributed by atoms with Crippen molar-refractivity contribution in [2.24, 2.45) is 0 Å². The number of rotatable bonds is 3. The van der Waals surface area contributed by atoms with Crippen molar-refractivity contribution in [2.75, 3.05) is 26.2 Å². The molecule has 0 aliphatic carbocycles. The van der Waals surface area contributed by atoms with Gasteiger partial charge in [0.1, 0.15) is 0 Å². The first kappa shape index (κ1) is 16.6. The Hall–Kier alpha value is -1.21. The molecule has 0 amide bonds. The van der Waals surface area contributed by atoms with Gasteiger partial charge in [-0.25, -0.2) is 0 Å². The van der Waals surface area contributed by atoms with Crippen molar-refractivity contribution in [1.29, 1.82) is 0 Å². The molecule has 0 aromatic heterocycles. The van der Waals surface area contributed by atoms with Crippen LogP contribution < -0.4 is 0 Å². The Labute approximate surface area is 138 Å². The predicted octanol–water partition coefficient (Wildman–Crippen LogP) is 2.13. The van der Waals surface area contributed by atoms with Crippen LogP contribution in [0.2, 0.25) is 0 Å². The van der Waals surface area contributed by atoms with Gasteiger partial charge in [-0.2, -0.15) is 17.0 Å². The van der Waals surface area contributed by atoms with Gasteiger partial charge in [-0.05, 0) is 31.4 Å². The minimum atomic E-state index is -3.41. The lowest BCUT2D eigenvalue weighted by Crippen LogP contribution is -2.53. The molecule has 1 saturated heterocycles. The molecule has 0 spiro atoms. The summed E-state index contributed by atoms with van der Waals surface area (Å²) in [6.45, 7) is 5.66. The van der Waals surface area contributed by atoms with Gasteiger partial charge in [0, 0.05) is 26.2 Å². The highest BCUT2D eigenvalue weighted by Gasteiger charge is 2.35. The summed E-state index contributed by atoms with van der Waals surface area (Å²) in [6.07, 6.45) is 2.66. The van der Waals surface area contributed by atoms with Crippen molar-refractivity contribution in [3.05, 3.63) is 42.0 Å². The highest BCUT2D eigenvalue weighted by molar-refractivity contribution is 7.86. The van der Waals surface area contributed by atoms with Crippen molar-refractivity contribution in [2.45, 2.75) is 32.5 Å². The number of nitrogens with zero attached hydrogens (tertiary/aromatic N) is 2. The van der Waals surface area contributed by atoms with Crippen LogP contribution in [0.5, 0.6) is 0 Å². The molecule has 2 aliphatic heterocycles. The second-order valence-corrected chi connectivity index (χ2v) is 8.21. The van der Waals surface area contributed by atoms with E-state index < -0.39 is 10.2 Å². The average molecular weight is 336 g/mol. The zero-order valence-corrected chi connectivity index (χ0v) is 14.5. The number of morpholine rings is 1. The second-order valence-electron chi connectivity index (χ2n) is 6.29. The average Bonchev–Trinajstić information content (AvgIpc) is 2.55. The van der Waals surface area contributed by atoms with E-state index in [1.165, 1.54) is 11.1 Å². The molecule has 2 heterocycles. The van der Waals surface area contributed by atoms with Gasteiger partial charge in [0.25, 0.3) is 10.2 Å². The fraction of sp³-hybridized carbons (Fsp3) is 0.529. The van der Waals surface area contributed by atoms with Gasteiger partial charge in [-0.15, -0.1) is 0 Å². The third-order valence-corrected chi connectivity index (χ3v) is 6.29. The molecule has 0 bridgehead atoms. The van der Waals surface area contributed by atoms with Crippen LogP contribution in [-0.4, -0.2) is 55.4 Å². The summed E-state index contributed by atoms with van der Waals surface area (Å²) in [4.78, 5) is 0. The maximum atomic E-state index is 12.8. The topological polar surface area (TPSA) is 49.9 Å². The molecule has 0 saturated carbocycles. The number of benzene rings is 1. The summed E-state index contributed by atoms with van der Waals surface area (Å²) >= 11 is 0. The Bertz CT molecular complexity index is 662. The summed E-state index contributed by atoms with van der Waals surface area (Å²) in [5, 5.41) is 0. The lowest BCUT2D eigenvalue weighted by molar-refractivity contribution is -0.0454. The van der Waals surface area contributed by atoms with Crippen molar-refractivity contribution in [1.82, 2.24) is 8.61 Å². The molecule has 0 unspecified atom stereocenters. The first-order valence-corrected chi connectivity index (χ1v) is 9.51. The van der Waals surface area contributed by atoms with Gasteiger partial charge in [-0.3, -0.25) is 0 Å². The monoisotopic (exact) mass is 336 g/mol. The molecule has 1 fully saturated rings. The normalized spacial score (nSPS) is 27.7. The summed E-state index contributed by atoms with van der Waals surface area (Å²) in [5.74, 6) is 0. The Morgan fingerprint density at radius 2 is 1.70 bits per heavy atom. The fourth-order valence-electron chi connectivity index (χ4n) is 3.26. The van der Waals surface area contributed by atoms with E-state index in [-0.39, 0.29) is 12.2 Å². The Balaban J connectivity index is 1.72. The fourth-order valence-corrected chi connectivity index (χ4v) is 4.97. The maximum Gasteiger partial charge on any atom is 0.282 e. The Kier molecular flexibility index (Phi) is 4.87. The van der Waals surface area contributed by atoms with Gasteiger partial charge in [0.15, 0.2) is 0 Å². The third-order valence-electron chi connectivity index (χ3n) is 4.36. The Morgan fingerprint density at radius 3 is 2.26 bits per heavy atom. The van der Waals surface area contributed by atoms with Crippen LogP contribution in [0.3, 0.4) is 0 Å². The standard InChI is InChI=1S/C17H24N2O3S/c1-14-12-19(13-15(2)22-14)23(20,21)18-10-8-17(9-11-18)16-6-4-3-5-7-16/h3-8,14-15H,9-13H2,1-2H3/t14-,15-/m1/s1. The molecule has 5 nitrogen and oxygen atoms in total. The predicted molar refractivity (Wildman–Crippen MR) is 91.1 cm³/mol. The third kappa shape index (κ3) is 3.66. The summed E-state index contributed by atoms with van der Waals surface area (Å²) in [7, 11) is -3.41. The van der Waals surface area contributed by atoms with E-state index in [1.807, 2.05) is 38.1 Å². The van der Waals surface area contributed by atoms with E-state index >= 15 is 0 Å². The summed E-state index contributed by atoms with van der Waals surface area (Å²) < 4.78 is 34.5. The largest absolute Gasteiger partial charge is 0.373 e. The molecule has 0 radical (unpaired) electrons. The molecule has 2 aliphatic rings. The lowest BCUT2D eigenvalue weighted by atomic mass is 10.0.